The van der Waals surface area contributed by atoms with Crippen LogP contribution in [0, 0.1) is 5.92 Å². The average Bonchev–Trinajstić information content (AvgIpc) is 2.42. The summed E-state index contributed by atoms with van der Waals surface area (Å²) in [5.41, 5.74) is 0.303. The Morgan fingerprint density at radius 3 is 2.63 bits per heavy atom. The summed E-state index contributed by atoms with van der Waals surface area (Å²) in [4.78, 5) is 23.7. The quantitative estimate of drug-likeness (QED) is 0.795. The highest BCUT2D eigenvalue weighted by Crippen LogP contribution is 2.13. The second-order valence-electron chi connectivity index (χ2n) is 4.41. The number of nitrogens with one attached hydrogen (secondary N) is 1. The molecule has 0 aliphatic rings. The number of rotatable bonds is 5. The van der Waals surface area contributed by atoms with E-state index in [0.29, 0.717) is 5.56 Å². The third-order valence-corrected chi connectivity index (χ3v) is 3.06. The van der Waals surface area contributed by atoms with Crippen LogP contribution in [0.4, 0.5) is 0 Å². The second-order valence-corrected chi connectivity index (χ2v) is 4.41. The van der Waals surface area contributed by atoms with Gasteiger partial charge in [-0.05, 0) is 24.1 Å². The van der Waals surface area contributed by atoms with Crippen LogP contribution in [0.25, 0.3) is 0 Å². The number of hydrogen-bond acceptors (Lipinski definition) is 4. The average molecular weight is 265 g/mol. The molecule has 1 aromatic carbocycles. The lowest BCUT2D eigenvalue weighted by atomic mass is 9.99. The van der Waals surface area contributed by atoms with Gasteiger partial charge in [0.15, 0.2) is 0 Å². The Bertz CT molecular complexity index is 459. The molecule has 0 bridgehead atoms. The number of carbonyl (C=O) groups is 2. The number of phenolic OH excluding ortho intramolecular Hbond substituents is 1. The van der Waals surface area contributed by atoms with Crippen molar-refractivity contribution in [2.75, 3.05) is 7.11 Å². The van der Waals surface area contributed by atoms with Gasteiger partial charge in [0.1, 0.15) is 11.8 Å². The van der Waals surface area contributed by atoms with Gasteiger partial charge in [-0.3, -0.25) is 4.79 Å². The predicted molar refractivity (Wildman–Crippen MR) is 70.8 cm³/mol. The van der Waals surface area contributed by atoms with Gasteiger partial charge in [-0.25, -0.2) is 4.79 Å². The van der Waals surface area contributed by atoms with Gasteiger partial charge in [-0.1, -0.05) is 26.3 Å². The van der Waals surface area contributed by atoms with Gasteiger partial charge >= 0.3 is 5.97 Å². The van der Waals surface area contributed by atoms with Crippen LogP contribution in [0.15, 0.2) is 24.3 Å². The van der Waals surface area contributed by atoms with Crippen LogP contribution in [-0.4, -0.2) is 30.1 Å². The van der Waals surface area contributed by atoms with Crippen LogP contribution in [-0.2, 0) is 9.53 Å². The van der Waals surface area contributed by atoms with E-state index in [1.807, 2.05) is 13.8 Å². The molecule has 0 aromatic heterocycles. The highest BCUT2D eigenvalue weighted by molar-refractivity contribution is 5.97. The number of aromatic hydroxyl groups is 1. The molecule has 0 unspecified atom stereocenters. The third-order valence-electron chi connectivity index (χ3n) is 3.06. The maximum atomic E-state index is 12.0. The number of carbonyl (C=O) groups excluding carboxylic acids is 2. The van der Waals surface area contributed by atoms with Crippen LogP contribution < -0.4 is 5.32 Å². The largest absolute Gasteiger partial charge is 0.508 e. The van der Waals surface area contributed by atoms with Crippen molar-refractivity contribution in [1.29, 1.82) is 0 Å². The number of esters is 1. The fourth-order valence-electron chi connectivity index (χ4n) is 1.67. The topological polar surface area (TPSA) is 75.6 Å². The molecule has 0 saturated heterocycles. The number of phenols is 1. The highest BCUT2D eigenvalue weighted by Gasteiger charge is 2.27. The van der Waals surface area contributed by atoms with E-state index < -0.39 is 17.9 Å². The van der Waals surface area contributed by atoms with Crippen molar-refractivity contribution >= 4 is 11.9 Å². The first-order chi connectivity index (χ1) is 8.99. The summed E-state index contributed by atoms with van der Waals surface area (Å²) >= 11 is 0. The summed E-state index contributed by atoms with van der Waals surface area (Å²) in [6.45, 7) is 3.80. The second kappa shape index (κ2) is 6.78. The van der Waals surface area contributed by atoms with E-state index >= 15 is 0 Å². The lowest BCUT2D eigenvalue weighted by Crippen LogP contribution is -2.45. The molecule has 2 atom stereocenters. The highest BCUT2D eigenvalue weighted by atomic mass is 16.5. The zero-order valence-electron chi connectivity index (χ0n) is 11.3. The first-order valence-corrected chi connectivity index (χ1v) is 6.17. The van der Waals surface area contributed by atoms with Crippen LogP contribution in [0.3, 0.4) is 0 Å². The standard InChI is InChI=1S/C14H19NO4/c1-4-9(2)12(14(18)19-3)15-13(17)10-6-5-7-11(16)8-10/h5-9,12,16H,4H2,1-3H3,(H,15,17)/t9-,12-/m1/s1. The van der Waals surface area contributed by atoms with Crippen molar-refractivity contribution in [1.82, 2.24) is 5.32 Å². The fourth-order valence-corrected chi connectivity index (χ4v) is 1.67. The monoisotopic (exact) mass is 265 g/mol. The minimum Gasteiger partial charge on any atom is -0.508 e. The van der Waals surface area contributed by atoms with Crippen molar-refractivity contribution < 1.29 is 19.4 Å². The summed E-state index contributed by atoms with van der Waals surface area (Å²) in [6, 6.07) is 5.27. The van der Waals surface area contributed by atoms with E-state index in [0.717, 1.165) is 6.42 Å². The predicted octanol–water partition coefficient (Wildman–Crippen LogP) is 1.71. The molecule has 0 radical (unpaired) electrons. The van der Waals surface area contributed by atoms with E-state index in [1.54, 1.807) is 12.1 Å². The maximum Gasteiger partial charge on any atom is 0.328 e. The van der Waals surface area contributed by atoms with Gasteiger partial charge in [0.25, 0.3) is 5.91 Å². The number of ether oxygens (including phenoxy) is 1. The molecule has 0 spiro atoms. The van der Waals surface area contributed by atoms with E-state index in [1.165, 1.54) is 19.2 Å². The Morgan fingerprint density at radius 2 is 2.11 bits per heavy atom. The minimum absolute atomic E-state index is 0.00538. The molecule has 5 heteroatoms. The first kappa shape index (κ1) is 15.0. The molecular weight excluding hydrogens is 246 g/mol. The Kier molecular flexibility index (Phi) is 5.36. The zero-order valence-corrected chi connectivity index (χ0v) is 11.3. The third kappa shape index (κ3) is 3.98. The van der Waals surface area contributed by atoms with Crippen LogP contribution in [0.5, 0.6) is 5.75 Å². The Labute approximate surface area is 112 Å². The summed E-state index contributed by atoms with van der Waals surface area (Å²) in [5, 5.41) is 12.0. The van der Waals surface area contributed by atoms with Gasteiger partial charge in [0.2, 0.25) is 0 Å². The van der Waals surface area contributed by atoms with Crippen molar-refractivity contribution in [3.63, 3.8) is 0 Å². The number of methoxy groups -OCH3 is 1. The molecule has 19 heavy (non-hydrogen) atoms. The van der Waals surface area contributed by atoms with Gasteiger partial charge in [0.05, 0.1) is 7.11 Å². The van der Waals surface area contributed by atoms with E-state index in [9.17, 15) is 14.7 Å². The van der Waals surface area contributed by atoms with Gasteiger partial charge in [0, 0.05) is 5.56 Å². The molecule has 0 heterocycles. The molecule has 104 valence electrons. The van der Waals surface area contributed by atoms with Crippen molar-refractivity contribution in [2.24, 2.45) is 5.92 Å². The molecule has 0 fully saturated rings. The molecular formula is C14H19NO4. The molecule has 0 aliphatic heterocycles. The van der Waals surface area contributed by atoms with Crippen LogP contribution in [0.1, 0.15) is 30.6 Å². The van der Waals surface area contributed by atoms with Crippen LogP contribution >= 0.6 is 0 Å². The number of hydrogen-bond donors (Lipinski definition) is 2. The smallest absolute Gasteiger partial charge is 0.328 e. The van der Waals surface area contributed by atoms with Gasteiger partial charge in [-0.15, -0.1) is 0 Å². The Balaban J connectivity index is 2.84. The number of benzene rings is 1. The molecule has 1 rings (SSSR count). The maximum absolute atomic E-state index is 12.0. The minimum atomic E-state index is -0.690. The van der Waals surface area contributed by atoms with Crippen molar-refractivity contribution in [3.8, 4) is 5.75 Å². The normalized spacial score (nSPS) is 13.4. The molecule has 0 saturated carbocycles. The molecule has 5 nitrogen and oxygen atoms in total. The van der Waals surface area contributed by atoms with E-state index in [-0.39, 0.29) is 11.7 Å². The Morgan fingerprint density at radius 1 is 1.42 bits per heavy atom. The lowest BCUT2D eigenvalue weighted by Gasteiger charge is -2.21. The zero-order chi connectivity index (χ0) is 14.4. The molecule has 1 amide bonds. The lowest BCUT2D eigenvalue weighted by molar-refractivity contribution is -0.144. The molecule has 1 aromatic rings. The number of amides is 1. The van der Waals surface area contributed by atoms with Gasteiger partial charge in [-0.2, -0.15) is 0 Å². The van der Waals surface area contributed by atoms with E-state index in [4.69, 9.17) is 4.74 Å². The fraction of sp³-hybridized carbons (Fsp3) is 0.429. The van der Waals surface area contributed by atoms with Crippen LogP contribution in [0.2, 0.25) is 0 Å². The molecule has 2 N–H and O–H groups in total. The van der Waals surface area contributed by atoms with Crippen molar-refractivity contribution in [3.05, 3.63) is 29.8 Å². The summed E-state index contributed by atoms with van der Waals surface area (Å²) in [7, 11) is 1.29. The Hall–Kier alpha value is -2.04. The molecule has 0 aliphatic carbocycles. The summed E-state index contributed by atoms with van der Waals surface area (Å²) < 4.78 is 4.69. The van der Waals surface area contributed by atoms with Crippen molar-refractivity contribution in [2.45, 2.75) is 26.3 Å². The summed E-state index contributed by atoms with van der Waals surface area (Å²) in [5.74, 6) is -0.908. The van der Waals surface area contributed by atoms with Gasteiger partial charge < -0.3 is 15.2 Å². The van der Waals surface area contributed by atoms with E-state index in [2.05, 4.69) is 5.32 Å². The SMILES string of the molecule is CC[C@@H](C)[C@@H](NC(=O)c1cccc(O)c1)C(=O)OC. The first-order valence-electron chi connectivity index (χ1n) is 6.17. The summed E-state index contributed by atoms with van der Waals surface area (Å²) in [6.07, 6.45) is 0.736.